The number of carbonyl (C=O) groups is 1. The Balaban J connectivity index is 2.18. The standard InChI is InChI=1S/C11H12BrFN2O3S/c12-9-4-8(1-2-10(9)13)15-5-7(3-11(15)16)6-19(14,17)18/h1-2,4,7H,3,5-6H2,(H2,14,17,18). The molecule has 0 bridgehead atoms. The number of sulfonamides is 1. The summed E-state index contributed by atoms with van der Waals surface area (Å²) >= 11 is 3.05. The third-order valence-corrected chi connectivity index (χ3v) is 4.43. The largest absolute Gasteiger partial charge is 0.312 e. The number of hydrogen-bond donors (Lipinski definition) is 1. The maximum absolute atomic E-state index is 13.1. The van der Waals surface area contributed by atoms with Crippen molar-refractivity contribution in [2.45, 2.75) is 6.42 Å². The van der Waals surface area contributed by atoms with Crippen molar-refractivity contribution in [3.05, 3.63) is 28.5 Å². The topological polar surface area (TPSA) is 80.5 Å². The molecule has 0 radical (unpaired) electrons. The van der Waals surface area contributed by atoms with Gasteiger partial charge in [0.1, 0.15) is 5.82 Å². The summed E-state index contributed by atoms with van der Waals surface area (Å²) in [5, 5.41) is 4.97. The summed E-state index contributed by atoms with van der Waals surface area (Å²) in [6.07, 6.45) is 0.130. The molecule has 104 valence electrons. The molecular weight excluding hydrogens is 339 g/mol. The van der Waals surface area contributed by atoms with Gasteiger partial charge in [0.05, 0.1) is 10.2 Å². The first kappa shape index (κ1) is 14.4. The van der Waals surface area contributed by atoms with E-state index in [0.29, 0.717) is 5.69 Å². The second-order valence-corrected chi connectivity index (χ2v) is 7.02. The lowest BCUT2D eigenvalue weighted by atomic mass is 10.1. The van der Waals surface area contributed by atoms with Gasteiger partial charge in [-0.05, 0) is 34.1 Å². The van der Waals surface area contributed by atoms with Gasteiger partial charge in [0.25, 0.3) is 0 Å². The van der Waals surface area contributed by atoms with Crippen molar-refractivity contribution in [1.29, 1.82) is 0 Å². The van der Waals surface area contributed by atoms with E-state index in [4.69, 9.17) is 5.14 Å². The Kier molecular flexibility index (Phi) is 3.93. The quantitative estimate of drug-likeness (QED) is 0.890. The summed E-state index contributed by atoms with van der Waals surface area (Å²) in [4.78, 5) is 13.3. The van der Waals surface area contributed by atoms with E-state index in [0.717, 1.165) is 0 Å². The highest BCUT2D eigenvalue weighted by atomic mass is 79.9. The molecule has 1 aromatic carbocycles. The molecule has 1 heterocycles. The number of hydrogen-bond acceptors (Lipinski definition) is 3. The molecule has 1 fully saturated rings. The Morgan fingerprint density at radius 3 is 2.74 bits per heavy atom. The molecule has 0 saturated carbocycles. The number of rotatable bonds is 3. The lowest BCUT2D eigenvalue weighted by molar-refractivity contribution is -0.117. The SMILES string of the molecule is NS(=O)(=O)CC1CC(=O)N(c2ccc(F)c(Br)c2)C1. The summed E-state index contributed by atoms with van der Waals surface area (Å²) in [5.41, 5.74) is 0.537. The zero-order chi connectivity index (χ0) is 14.2. The van der Waals surface area contributed by atoms with Crippen molar-refractivity contribution >= 4 is 37.5 Å². The van der Waals surface area contributed by atoms with E-state index in [1.807, 2.05) is 0 Å². The van der Waals surface area contributed by atoms with Crippen LogP contribution in [-0.2, 0) is 14.8 Å². The zero-order valence-corrected chi connectivity index (χ0v) is 12.2. The fourth-order valence-electron chi connectivity index (χ4n) is 2.12. The van der Waals surface area contributed by atoms with Gasteiger partial charge in [-0.1, -0.05) is 0 Å². The lowest BCUT2D eigenvalue weighted by Gasteiger charge is -2.17. The maximum Gasteiger partial charge on any atom is 0.227 e. The van der Waals surface area contributed by atoms with Crippen LogP contribution in [0.4, 0.5) is 10.1 Å². The number of nitrogens with two attached hydrogens (primary N) is 1. The second kappa shape index (κ2) is 5.18. The van der Waals surface area contributed by atoms with E-state index in [-0.39, 0.29) is 35.0 Å². The van der Waals surface area contributed by atoms with Crippen LogP contribution in [0.2, 0.25) is 0 Å². The zero-order valence-electron chi connectivity index (χ0n) is 9.84. The van der Waals surface area contributed by atoms with E-state index < -0.39 is 15.8 Å². The minimum atomic E-state index is -3.60. The summed E-state index contributed by atoms with van der Waals surface area (Å²) in [6, 6.07) is 4.23. The van der Waals surface area contributed by atoms with Gasteiger partial charge in [0, 0.05) is 24.6 Å². The fraction of sp³-hybridized carbons (Fsp3) is 0.364. The molecule has 1 atom stereocenters. The first-order valence-electron chi connectivity index (χ1n) is 5.52. The molecule has 2 rings (SSSR count). The van der Waals surface area contributed by atoms with E-state index >= 15 is 0 Å². The summed E-state index contributed by atoms with van der Waals surface area (Å²) in [7, 11) is -3.60. The Bertz CT molecular complexity index is 620. The molecule has 8 heteroatoms. The second-order valence-electron chi connectivity index (χ2n) is 4.50. The lowest BCUT2D eigenvalue weighted by Crippen LogP contribution is -2.27. The van der Waals surface area contributed by atoms with Gasteiger partial charge < -0.3 is 4.90 Å². The van der Waals surface area contributed by atoms with Crippen LogP contribution in [0.15, 0.2) is 22.7 Å². The number of benzene rings is 1. The van der Waals surface area contributed by atoms with E-state index in [1.165, 1.54) is 23.1 Å². The molecule has 1 aromatic rings. The van der Waals surface area contributed by atoms with Gasteiger partial charge >= 0.3 is 0 Å². The Morgan fingerprint density at radius 2 is 2.16 bits per heavy atom. The molecule has 1 unspecified atom stereocenters. The molecular formula is C11H12BrFN2O3S. The highest BCUT2D eigenvalue weighted by Crippen LogP contribution is 2.28. The van der Waals surface area contributed by atoms with Crippen LogP contribution in [-0.4, -0.2) is 26.6 Å². The molecule has 5 nitrogen and oxygen atoms in total. The van der Waals surface area contributed by atoms with Crippen molar-refractivity contribution in [3.63, 3.8) is 0 Å². The number of amides is 1. The minimum Gasteiger partial charge on any atom is -0.312 e. The Hall–Kier alpha value is -0.990. The molecule has 0 spiro atoms. The van der Waals surface area contributed by atoms with Crippen molar-refractivity contribution in [2.75, 3.05) is 17.2 Å². The normalized spacial score (nSPS) is 20.1. The summed E-state index contributed by atoms with van der Waals surface area (Å²) in [6.45, 7) is 0.271. The van der Waals surface area contributed by atoms with Crippen LogP contribution in [0.3, 0.4) is 0 Å². The molecule has 0 aromatic heterocycles. The van der Waals surface area contributed by atoms with E-state index in [1.54, 1.807) is 0 Å². The maximum atomic E-state index is 13.1. The van der Waals surface area contributed by atoms with Gasteiger partial charge in [-0.15, -0.1) is 0 Å². The molecule has 1 aliphatic rings. The number of carbonyl (C=O) groups excluding carboxylic acids is 1. The monoisotopic (exact) mass is 350 g/mol. The van der Waals surface area contributed by atoms with Crippen LogP contribution in [0, 0.1) is 11.7 Å². The first-order chi connectivity index (χ1) is 8.76. The van der Waals surface area contributed by atoms with E-state index in [9.17, 15) is 17.6 Å². The predicted octanol–water partition coefficient (Wildman–Crippen LogP) is 1.23. The van der Waals surface area contributed by atoms with Gasteiger partial charge in [-0.3, -0.25) is 4.79 Å². The third kappa shape index (κ3) is 3.52. The van der Waals surface area contributed by atoms with Crippen molar-refractivity contribution < 1.29 is 17.6 Å². The summed E-state index contributed by atoms with van der Waals surface area (Å²) < 4.78 is 35.4. The van der Waals surface area contributed by atoms with E-state index in [2.05, 4.69) is 15.9 Å². The highest BCUT2D eigenvalue weighted by molar-refractivity contribution is 9.10. The molecule has 0 aliphatic carbocycles. The van der Waals surface area contributed by atoms with Gasteiger partial charge in [-0.2, -0.15) is 0 Å². The average molecular weight is 351 g/mol. The highest BCUT2D eigenvalue weighted by Gasteiger charge is 2.32. The third-order valence-electron chi connectivity index (χ3n) is 2.89. The van der Waals surface area contributed by atoms with Crippen LogP contribution < -0.4 is 10.0 Å². The first-order valence-corrected chi connectivity index (χ1v) is 8.03. The molecule has 1 aliphatic heterocycles. The molecule has 1 amide bonds. The number of nitrogens with zero attached hydrogens (tertiary/aromatic N) is 1. The number of primary sulfonamides is 1. The van der Waals surface area contributed by atoms with Crippen LogP contribution >= 0.6 is 15.9 Å². The average Bonchev–Trinajstić information content (AvgIpc) is 2.61. The van der Waals surface area contributed by atoms with Gasteiger partial charge in [0.2, 0.25) is 15.9 Å². The van der Waals surface area contributed by atoms with Gasteiger partial charge in [0.15, 0.2) is 0 Å². The Labute approximate surface area is 118 Å². The van der Waals surface area contributed by atoms with Crippen LogP contribution in [0.5, 0.6) is 0 Å². The molecule has 1 saturated heterocycles. The Morgan fingerprint density at radius 1 is 1.47 bits per heavy atom. The van der Waals surface area contributed by atoms with Gasteiger partial charge in [-0.25, -0.2) is 17.9 Å². The fourth-order valence-corrected chi connectivity index (χ4v) is 3.37. The predicted molar refractivity (Wildman–Crippen MR) is 72.5 cm³/mol. The summed E-state index contributed by atoms with van der Waals surface area (Å²) in [5.74, 6) is -1.16. The smallest absolute Gasteiger partial charge is 0.227 e. The number of anilines is 1. The van der Waals surface area contributed by atoms with Crippen molar-refractivity contribution in [1.82, 2.24) is 0 Å². The van der Waals surface area contributed by atoms with Crippen molar-refractivity contribution in [2.24, 2.45) is 11.1 Å². The number of halogens is 2. The van der Waals surface area contributed by atoms with Crippen LogP contribution in [0.25, 0.3) is 0 Å². The molecule has 2 N–H and O–H groups in total. The van der Waals surface area contributed by atoms with Crippen molar-refractivity contribution in [3.8, 4) is 0 Å². The van der Waals surface area contributed by atoms with Crippen LogP contribution in [0.1, 0.15) is 6.42 Å². The molecule has 19 heavy (non-hydrogen) atoms. The minimum absolute atomic E-state index is 0.130.